The summed E-state index contributed by atoms with van der Waals surface area (Å²) in [6.45, 7) is 1.19. The second kappa shape index (κ2) is 8.10. The predicted molar refractivity (Wildman–Crippen MR) is 95.3 cm³/mol. The maximum absolute atomic E-state index is 12.1. The Kier molecular flexibility index (Phi) is 5.41. The molecule has 0 atom stereocenters. The van der Waals surface area contributed by atoms with E-state index in [1.807, 2.05) is 31.3 Å². The number of hydrogen-bond acceptors (Lipinski definition) is 5. The van der Waals surface area contributed by atoms with Gasteiger partial charge >= 0.3 is 0 Å². The molecule has 0 bridgehead atoms. The first kappa shape index (κ1) is 16.7. The smallest absolute Gasteiger partial charge is 0.253 e. The van der Waals surface area contributed by atoms with E-state index in [2.05, 4.69) is 20.2 Å². The SMILES string of the molecule is CN(CCc1ccncc1)c1ccc(C(=O)NCc2ccco2)cn1. The van der Waals surface area contributed by atoms with Crippen LogP contribution in [-0.2, 0) is 13.0 Å². The zero-order chi connectivity index (χ0) is 17.5. The molecule has 0 aliphatic carbocycles. The molecule has 1 amide bonds. The Balaban J connectivity index is 1.53. The van der Waals surface area contributed by atoms with Gasteiger partial charge < -0.3 is 14.6 Å². The molecule has 3 aromatic heterocycles. The molecule has 128 valence electrons. The standard InChI is InChI=1S/C19H20N4O2/c1-23(11-8-15-6-9-20-10-7-15)18-5-4-16(13-21-18)19(24)22-14-17-3-2-12-25-17/h2-7,9-10,12-13H,8,11,14H2,1H3,(H,22,24). The van der Waals surface area contributed by atoms with E-state index in [4.69, 9.17) is 4.42 Å². The molecule has 0 unspecified atom stereocenters. The fourth-order valence-corrected chi connectivity index (χ4v) is 2.39. The number of carbonyl (C=O) groups excluding carboxylic acids is 1. The first-order chi connectivity index (χ1) is 12.2. The van der Waals surface area contributed by atoms with E-state index in [0.717, 1.165) is 18.8 Å². The minimum atomic E-state index is -0.171. The molecule has 0 spiro atoms. The summed E-state index contributed by atoms with van der Waals surface area (Å²) in [5.74, 6) is 1.38. The molecule has 0 aromatic carbocycles. The quantitative estimate of drug-likeness (QED) is 0.718. The number of nitrogens with zero attached hydrogens (tertiary/aromatic N) is 3. The van der Waals surface area contributed by atoms with Gasteiger partial charge in [0, 0.05) is 32.2 Å². The third kappa shape index (κ3) is 4.67. The van der Waals surface area contributed by atoms with Crippen LogP contribution in [0.15, 0.2) is 65.7 Å². The van der Waals surface area contributed by atoms with E-state index in [0.29, 0.717) is 17.9 Å². The highest BCUT2D eigenvalue weighted by Crippen LogP contribution is 2.11. The van der Waals surface area contributed by atoms with Gasteiger partial charge in [0.1, 0.15) is 11.6 Å². The maximum atomic E-state index is 12.1. The van der Waals surface area contributed by atoms with Crippen LogP contribution in [0.2, 0.25) is 0 Å². The average molecular weight is 336 g/mol. The summed E-state index contributed by atoms with van der Waals surface area (Å²) in [5, 5.41) is 2.80. The van der Waals surface area contributed by atoms with Crippen LogP contribution in [-0.4, -0.2) is 29.5 Å². The molecule has 0 fully saturated rings. The molecule has 0 aliphatic rings. The lowest BCUT2D eigenvalue weighted by molar-refractivity contribution is 0.0947. The molecule has 1 N–H and O–H groups in total. The number of carbonyl (C=O) groups is 1. The average Bonchev–Trinajstić information content (AvgIpc) is 3.19. The van der Waals surface area contributed by atoms with Gasteiger partial charge in [0.25, 0.3) is 5.91 Å². The first-order valence-electron chi connectivity index (χ1n) is 8.09. The molecule has 3 aromatic rings. The topological polar surface area (TPSA) is 71.3 Å². The van der Waals surface area contributed by atoms with Crippen molar-refractivity contribution in [2.24, 2.45) is 0 Å². The Labute approximate surface area is 146 Å². The van der Waals surface area contributed by atoms with E-state index in [1.165, 1.54) is 5.56 Å². The molecule has 0 radical (unpaired) electrons. The van der Waals surface area contributed by atoms with Gasteiger partial charge in [-0.3, -0.25) is 9.78 Å². The van der Waals surface area contributed by atoms with Crippen LogP contribution in [0.4, 0.5) is 5.82 Å². The lowest BCUT2D eigenvalue weighted by atomic mass is 10.2. The van der Waals surface area contributed by atoms with E-state index in [-0.39, 0.29) is 5.91 Å². The summed E-state index contributed by atoms with van der Waals surface area (Å²) in [6, 6.07) is 11.3. The summed E-state index contributed by atoms with van der Waals surface area (Å²) in [4.78, 5) is 22.6. The van der Waals surface area contributed by atoms with Crippen LogP contribution >= 0.6 is 0 Å². The normalized spacial score (nSPS) is 10.4. The molecule has 0 aliphatic heterocycles. The molecule has 3 rings (SSSR count). The Morgan fingerprint density at radius 3 is 2.72 bits per heavy atom. The number of aromatic nitrogens is 2. The number of nitrogens with one attached hydrogen (secondary N) is 1. The molecule has 6 heteroatoms. The van der Waals surface area contributed by atoms with E-state index in [9.17, 15) is 4.79 Å². The van der Waals surface area contributed by atoms with Gasteiger partial charge in [0.05, 0.1) is 18.4 Å². The summed E-state index contributed by atoms with van der Waals surface area (Å²) < 4.78 is 5.19. The van der Waals surface area contributed by atoms with Gasteiger partial charge in [0.15, 0.2) is 0 Å². The third-order valence-corrected chi connectivity index (χ3v) is 3.89. The number of likely N-dealkylation sites (N-methyl/N-ethyl adjacent to an activating group) is 1. The molecule has 0 saturated carbocycles. The molecule has 6 nitrogen and oxygen atoms in total. The number of hydrogen-bond donors (Lipinski definition) is 1. The van der Waals surface area contributed by atoms with Crippen molar-refractivity contribution in [1.29, 1.82) is 0 Å². The zero-order valence-corrected chi connectivity index (χ0v) is 14.1. The highest BCUT2D eigenvalue weighted by molar-refractivity contribution is 5.93. The van der Waals surface area contributed by atoms with E-state index in [1.54, 1.807) is 37.0 Å². The van der Waals surface area contributed by atoms with Crippen LogP contribution < -0.4 is 10.2 Å². The fourth-order valence-electron chi connectivity index (χ4n) is 2.39. The molecular formula is C19H20N4O2. The summed E-state index contributed by atoms with van der Waals surface area (Å²) in [5.41, 5.74) is 1.76. The fraction of sp³-hybridized carbons (Fsp3) is 0.211. The van der Waals surface area contributed by atoms with Crippen LogP contribution in [0.25, 0.3) is 0 Å². The molecule has 0 saturated heterocycles. The maximum Gasteiger partial charge on any atom is 0.253 e. The predicted octanol–water partition coefficient (Wildman–Crippen LogP) is 2.68. The van der Waals surface area contributed by atoms with Gasteiger partial charge in [0.2, 0.25) is 0 Å². The van der Waals surface area contributed by atoms with Crippen LogP contribution in [0.3, 0.4) is 0 Å². The first-order valence-corrected chi connectivity index (χ1v) is 8.09. The van der Waals surface area contributed by atoms with Gasteiger partial charge in [-0.1, -0.05) is 0 Å². The Morgan fingerprint density at radius 1 is 1.20 bits per heavy atom. The second-order valence-electron chi connectivity index (χ2n) is 5.69. The Bertz CT molecular complexity index is 786. The van der Waals surface area contributed by atoms with Gasteiger partial charge in [-0.05, 0) is 48.4 Å². The second-order valence-corrected chi connectivity index (χ2v) is 5.69. The Morgan fingerprint density at radius 2 is 2.04 bits per heavy atom. The van der Waals surface area contributed by atoms with Crippen molar-refractivity contribution in [3.05, 3.63) is 78.1 Å². The highest BCUT2D eigenvalue weighted by Gasteiger charge is 2.08. The minimum absolute atomic E-state index is 0.171. The molecule has 25 heavy (non-hydrogen) atoms. The zero-order valence-electron chi connectivity index (χ0n) is 14.1. The number of pyridine rings is 2. The van der Waals surface area contributed by atoms with E-state index >= 15 is 0 Å². The van der Waals surface area contributed by atoms with Crippen LogP contribution in [0, 0.1) is 0 Å². The number of furan rings is 1. The van der Waals surface area contributed by atoms with Crippen molar-refractivity contribution in [3.63, 3.8) is 0 Å². The van der Waals surface area contributed by atoms with Crippen molar-refractivity contribution in [2.75, 3.05) is 18.5 Å². The molecular weight excluding hydrogens is 316 g/mol. The Hall–Kier alpha value is -3.15. The largest absolute Gasteiger partial charge is 0.467 e. The lowest BCUT2D eigenvalue weighted by Gasteiger charge is -2.18. The van der Waals surface area contributed by atoms with Crippen molar-refractivity contribution in [1.82, 2.24) is 15.3 Å². The summed E-state index contributed by atoms with van der Waals surface area (Å²) in [6.07, 6.45) is 7.68. The number of rotatable bonds is 7. The van der Waals surface area contributed by atoms with E-state index < -0.39 is 0 Å². The minimum Gasteiger partial charge on any atom is -0.467 e. The van der Waals surface area contributed by atoms with Gasteiger partial charge in [-0.25, -0.2) is 4.98 Å². The monoisotopic (exact) mass is 336 g/mol. The van der Waals surface area contributed by atoms with Crippen molar-refractivity contribution in [3.8, 4) is 0 Å². The van der Waals surface area contributed by atoms with Gasteiger partial charge in [-0.15, -0.1) is 0 Å². The summed E-state index contributed by atoms with van der Waals surface area (Å²) in [7, 11) is 1.99. The van der Waals surface area contributed by atoms with Crippen LogP contribution in [0.1, 0.15) is 21.7 Å². The van der Waals surface area contributed by atoms with Gasteiger partial charge in [-0.2, -0.15) is 0 Å². The highest BCUT2D eigenvalue weighted by atomic mass is 16.3. The third-order valence-electron chi connectivity index (χ3n) is 3.89. The molecule has 3 heterocycles. The summed E-state index contributed by atoms with van der Waals surface area (Å²) >= 11 is 0. The van der Waals surface area contributed by atoms with Crippen molar-refractivity contribution < 1.29 is 9.21 Å². The lowest BCUT2D eigenvalue weighted by Crippen LogP contribution is -2.24. The van der Waals surface area contributed by atoms with Crippen molar-refractivity contribution >= 4 is 11.7 Å². The van der Waals surface area contributed by atoms with Crippen molar-refractivity contribution in [2.45, 2.75) is 13.0 Å². The number of anilines is 1. The van der Waals surface area contributed by atoms with Crippen LogP contribution in [0.5, 0.6) is 0 Å². The number of amides is 1.